The molecule has 0 bridgehead atoms. The van der Waals surface area contributed by atoms with Crippen LogP contribution in [-0.2, 0) is 18.4 Å². The third kappa shape index (κ3) is 29.2. The van der Waals surface area contributed by atoms with E-state index in [9.17, 15) is 19.4 Å². The number of nitrogens with one attached hydrogen (secondary N) is 1. The number of carbonyl (C=O) groups is 1. The smallest absolute Gasteiger partial charge is 0.391 e. The number of hydrogen-bond acceptors (Lipinski definition) is 5. The van der Waals surface area contributed by atoms with Gasteiger partial charge in [-0.15, -0.1) is 0 Å². The average molecular weight is 630 g/mol. The third-order valence-corrected chi connectivity index (χ3v) is 8.14. The summed E-state index contributed by atoms with van der Waals surface area (Å²) in [5.74, 6) is -0.171. The Morgan fingerprint density at radius 2 is 1.40 bits per heavy atom. The molecule has 1 amide bonds. The lowest BCUT2D eigenvalue weighted by atomic mass is 10.0. The summed E-state index contributed by atoms with van der Waals surface area (Å²) in [6, 6.07) is -0.764. The Balaban J connectivity index is 4.45. The standard InChI is InChI=1S/C34H65N2O6P/c1-6-8-10-12-14-15-16-17-18-19-20-21-22-24-26-28-34(38)35-32(33(37)27-25-23-13-11-9-7-2)31-42-43(39,40)41-30-29-36(3,4)5/h8,10,14-15,17-18,32-33,37H,6-7,9,11-13,16,19-31H2,1-5H3,(H-,35,38,39,40)/p+1/b10-8-,15-14-,18-17-. The van der Waals surface area contributed by atoms with E-state index >= 15 is 0 Å². The molecule has 3 N–H and O–H groups in total. The molecule has 9 heteroatoms. The summed E-state index contributed by atoms with van der Waals surface area (Å²) in [7, 11) is 1.59. The number of hydrogen-bond donors (Lipinski definition) is 3. The molecule has 0 saturated carbocycles. The van der Waals surface area contributed by atoms with E-state index in [1.165, 1.54) is 19.3 Å². The SMILES string of the molecule is CC/C=C\C/C=C\C/C=C\CCCCCCCC(=O)NC(COP(=O)(O)OCC[N+](C)(C)C)C(O)CCCCCCCC. The van der Waals surface area contributed by atoms with E-state index in [-0.39, 0.29) is 19.1 Å². The first kappa shape index (κ1) is 41.7. The van der Waals surface area contributed by atoms with Crippen molar-refractivity contribution in [1.29, 1.82) is 0 Å². The van der Waals surface area contributed by atoms with Gasteiger partial charge in [-0.1, -0.05) is 108 Å². The predicted octanol–water partition coefficient (Wildman–Crippen LogP) is 8.01. The number of amides is 1. The molecule has 252 valence electrons. The van der Waals surface area contributed by atoms with Crippen LogP contribution in [0.1, 0.15) is 123 Å². The fourth-order valence-corrected chi connectivity index (χ4v) is 5.15. The number of likely N-dealkylation sites (N-methyl/N-ethyl adjacent to an activating group) is 1. The van der Waals surface area contributed by atoms with Crippen molar-refractivity contribution < 1.29 is 32.9 Å². The summed E-state index contributed by atoms with van der Waals surface area (Å²) in [5, 5.41) is 13.7. The molecule has 3 atom stereocenters. The van der Waals surface area contributed by atoms with Gasteiger partial charge in [0.05, 0.1) is 39.9 Å². The van der Waals surface area contributed by atoms with E-state index in [2.05, 4.69) is 55.6 Å². The van der Waals surface area contributed by atoms with Crippen molar-refractivity contribution in [3.05, 3.63) is 36.5 Å². The maximum absolute atomic E-state index is 12.7. The Morgan fingerprint density at radius 1 is 0.814 bits per heavy atom. The van der Waals surface area contributed by atoms with Crippen molar-refractivity contribution in [1.82, 2.24) is 5.32 Å². The van der Waals surface area contributed by atoms with Crippen molar-refractivity contribution in [3.8, 4) is 0 Å². The number of unbranched alkanes of at least 4 members (excludes halogenated alkanes) is 10. The van der Waals surface area contributed by atoms with Gasteiger partial charge >= 0.3 is 7.82 Å². The van der Waals surface area contributed by atoms with Crippen LogP contribution in [0.25, 0.3) is 0 Å². The highest BCUT2D eigenvalue weighted by Gasteiger charge is 2.28. The van der Waals surface area contributed by atoms with Crippen molar-refractivity contribution in [3.63, 3.8) is 0 Å². The minimum absolute atomic E-state index is 0.0689. The molecule has 0 heterocycles. The average Bonchev–Trinajstić information content (AvgIpc) is 2.94. The molecule has 0 spiro atoms. The Kier molecular flexibility index (Phi) is 26.3. The molecule has 0 radical (unpaired) electrons. The number of quaternary nitrogens is 1. The van der Waals surface area contributed by atoms with Gasteiger partial charge in [0.2, 0.25) is 5.91 Å². The van der Waals surface area contributed by atoms with Crippen LogP contribution < -0.4 is 5.32 Å². The Morgan fingerprint density at radius 3 is 2.05 bits per heavy atom. The maximum Gasteiger partial charge on any atom is 0.472 e. The van der Waals surface area contributed by atoms with Gasteiger partial charge in [0.1, 0.15) is 13.2 Å². The van der Waals surface area contributed by atoms with Gasteiger partial charge in [0.15, 0.2) is 0 Å². The van der Waals surface area contributed by atoms with Crippen LogP contribution in [0.2, 0.25) is 0 Å². The minimum Gasteiger partial charge on any atom is -0.391 e. The summed E-state index contributed by atoms with van der Waals surface area (Å²) >= 11 is 0. The van der Waals surface area contributed by atoms with Gasteiger partial charge in [-0.25, -0.2) is 4.57 Å². The number of phosphoric ester groups is 1. The largest absolute Gasteiger partial charge is 0.472 e. The lowest BCUT2D eigenvalue weighted by molar-refractivity contribution is -0.870. The quantitative estimate of drug-likeness (QED) is 0.0335. The first-order chi connectivity index (χ1) is 20.5. The molecule has 3 unspecified atom stereocenters. The first-order valence-corrected chi connectivity index (χ1v) is 18.3. The van der Waals surface area contributed by atoms with E-state index in [1.54, 1.807) is 0 Å². The third-order valence-electron chi connectivity index (χ3n) is 7.15. The van der Waals surface area contributed by atoms with Gasteiger partial charge in [-0.2, -0.15) is 0 Å². The number of aliphatic hydroxyl groups is 1. The zero-order valence-corrected chi connectivity index (χ0v) is 29.1. The van der Waals surface area contributed by atoms with Crippen LogP contribution in [0.4, 0.5) is 0 Å². The van der Waals surface area contributed by atoms with Crippen molar-refractivity contribution >= 4 is 13.7 Å². The van der Waals surface area contributed by atoms with E-state index < -0.39 is 20.0 Å². The van der Waals surface area contributed by atoms with Crippen molar-refractivity contribution in [2.75, 3.05) is 40.9 Å². The van der Waals surface area contributed by atoms with Crippen molar-refractivity contribution in [2.45, 2.75) is 135 Å². The predicted molar refractivity (Wildman–Crippen MR) is 180 cm³/mol. The summed E-state index contributed by atoms with van der Waals surface area (Å²) in [6.45, 7) is 4.65. The van der Waals surface area contributed by atoms with E-state index in [4.69, 9.17) is 9.05 Å². The molecular weight excluding hydrogens is 563 g/mol. The molecule has 0 aliphatic rings. The summed E-state index contributed by atoms with van der Waals surface area (Å²) < 4.78 is 23.3. The van der Waals surface area contributed by atoms with Gasteiger partial charge in [-0.3, -0.25) is 13.8 Å². The second kappa shape index (κ2) is 27.1. The Hall–Kier alpha value is -1.28. The molecule has 0 aliphatic heterocycles. The van der Waals surface area contributed by atoms with Gasteiger partial charge < -0.3 is 19.8 Å². The molecule has 0 aliphatic carbocycles. The van der Waals surface area contributed by atoms with Crippen LogP contribution in [0, 0.1) is 0 Å². The molecule has 0 aromatic carbocycles. The van der Waals surface area contributed by atoms with Crippen LogP contribution >= 0.6 is 7.82 Å². The second-order valence-electron chi connectivity index (χ2n) is 12.5. The lowest BCUT2D eigenvalue weighted by Crippen LogP contribution is -2.46. The highest BCUT2D eigenvalue weighted by atomic mass is 31.2. The van der Waals surface area contributed by atoms with Crippen LogP contribution in [-0.4, -0.2) is 73.4 Å². The summed E-state index contributed by atoms with van der Waals surface area (Å²) in [6.07, 6.45) is 29.0. The van der Waals surface area contributed by atoms with Gasteiger partial charge in [0.25, 0.3) is 0 Å². The Bertz CT molecular complexity index is 809. The highest BCUT2D eigenvalue weighted by molar-refractivity contribution is 7.47. The monoisotopic (exact) mass is 629 g/mol. The molecule has 0 aromatic rings. The maximum atomic E-state index is 12.7. The van der Waals surface area contributed by atoms with Crippen LogP contribution in [0.3, 0.4) is 0 Å². The normalized spacial score (nSPS) is 15.4. The summed E-state index contributed by atoms with van der Waals surface area (Å²) in [5.41, 5.74) is 0. The van der Waals surface area contributed by atoms with E-state index in [0.29, 0.717) is 23.9 Å². The fraction of sp³-hybridized carbons (Fsp3) is 0.794. The highest BCUT2D eigenvalue weighted by Crippen LogP contribution is 2.43. The molecule has 0 aromatic heterocycles. The number of carbonyl (C=O) groups excluding carboxylic acids is 1. The van der Waals surface area contributed by atoms with Crippen LogP contribution in [0.5, 0.6) is 0 Å². The van der Waals surface area contributed by atoms with Gasteiger partial charge in [-0.05, 0) is 44.9 Å². The number of phosphoric acid groups is 1. The van der Waals surface area contributed by atoms with E-state index in [0.717, 1.165) is 77.0 Å². The molecule has 0 fully saturated rings. The molecule has 0 saturated heterocycles. The topological polar surface area (TPSA) is 105 Å². The zero-order valence-electron chi connectivity index (χ0n) is 28.2. The van der Waals surface area contributed by atoms with Crippen molar-refractivity contribution in [2.24, 2.45) is 0 Å². The molecule has 8 nitrogen and oxygen atoms in total. The second-order valence-corrected chi connectivity index (χ2v) is 14.0. The van der Waals surface area contributed by atoms with Crippen LogP contribution in [0.15, 0.2) is 36.5 Å². The number of rotatable bonds is 29. The zero-order chi connectivity index (χ0) is 32.2. The number of nitrogens with zero attached hydrogens (tertiary/aromatic N) is 1. The van der Waals surface area contributed by atoms with Gasteiger partial charge in [0, 0.05) is 6.42 Å². The number of allylic oxidation sites excluding steroid dienone is 6. The fourth-order valence-electron chi connectivity index (χ4n) is 4.41. The molecular formula is C34H66N2O6P+. The Labute approximate surface area is 264 Å². The van der Waals surface area contributed by atoms with E-state index in [1.807, 2.05) is 21.1 Å². The lowest BCUT2D eigenvalue weighted by Gasteiger charge is -2.26. The number of aliphatic hydroxyl groups excluding tert-OH is 1. The minimum atomic E-state index is -4.30. The summed E-state index contributed by atoms with van der Waals surface area (Å²) in [4.78, 5) is 22.8. The molecule has 0 rings (SSSR count). The molecule has 43 heavy (non-hydrogen) atoms. The first-order valence-electron chi connectivity index (χ1n) is 16.9.